The Kier molecular flexibility index (Phi) is 7.78. The van der Waals surface area contributed by atoms with Crippen molar-refractivity contribution < 1.29 is 14.3 Å². The number of carbonyl (C=O) groups excluding carboxylic acids is 2. The van der Waals surface area contributed by atoms with E-state index in [-0.39, 0.29) is 30.2 Å². The number of thiazole rings is 1. The van der Waals surface area contributed by atoms with Crippen molar-refractivity contribution in [3.8, 4) is 5.75 Å². The predicted molar refractivity (Wildman–Crippen MR) is 123 cm³/mol. The lowest BCUT2D eigenvalue weighted by Crippen LogP contribution is -2.30. The van der Waals surface area contributed by atoms with E-state index >= 15 is 0 Å². The molecule has 1 atom stereocenters. The number of benzene rings is 2. The van der Waals surface area contributed by atoms with Gasteiger partial charge in [-0.05, 0) is 30.2 Å². The fourth-order valence-corrected chi connectivity index (χ4v) is 3.71. The molecular formula is C24H27N3O3S. The minimum atomic E-state index is -0.289. The number of amides is 2. The number of rotatable bonds is 9. The SMILES string of the molecule is CCOc1ccc(C(NC(=O)Cc2csc(NC(=O)C(C)C)n2)c2ccccc2)cc1. The van der Waals surface area contributed by atoms with Gasteiger partial charge in [-0.3, -0.25) is 9.59 Å². The van der Waals surface area contributed by atoms with Crippen LogP contribution in [0.2, 0.25) is 0 Å². The second-order valence-electron chi connectivity index (χ2n) is 7.38. The summed E-state index contributed by atoms with van der Waals surface area (Å²) in [4.78, 5) is 29.0. The molecule has 3 aromatic rings. The summed E-state index contributed by atoms with van der Waals surface area (Å²) >= 11 is 1.32. The van der Waals surface area contributed by atoms with Crippen LogP contribution in [0.5, 0.6) is 5.75 Å². The zero-order valence-electron chi connectivity index (χ0n) is 17.9. The normalized spacial score (nSPS) is 11.7. The maximum absolute atomic E-state index is 12.8. The Hall–Kier alpha value is -3.19. The molecule has 0 saturated heterocycles. The first-order chi connectivity index (χ1) is 15.0. The van der Waals surface area contributed by atoms with E-state index in [0.29, 0.717) is 17.4 Å². The van der Waals surface area contributed by atoms with Crippen molar-refractivity contribution >= 4 is 28.3 Å². The van der Waals surface area contributed by atoms with Gasteiger partial charge in [0, 0.05) is 11.3 Å². The van der Waals surface area contributed by atoms with Gasteiger partial charge in [0.1, 0.15) is 5.75 Å². The van der Waals surface area contributed by atoms with Crippen LogP contribution >= 0.6 is 11.3 Å². The van der Waals surface area contributed by atoms with E-state index in [4.69, 9.17) is 4.74 Å². The molecule has 1 unspecified atom stereocenters. The van der Waals surface area contributed by atoms with Gasteiger partial charge in [0.05, 0.1) is 24.8 Å². The molecular weight excluding hydrogens is 410 g/mol. The average Bonchev–Trinajstić information content (AvgIpc) is 3.20. The molecule has 0 saturated carbocycles. The highest BCUT2D eigenvalue weighted by molar-refractivity contribution is 7.13. The molecule has 0 aliphatic rings. The number of aromatic nitrogens is 1. The highest BCUT2D eigenvalue weighted by Crippen LogP contribution is 2.25. The van der Waals surface area contributed by atoms with Crippen LogP contribution in [0.1, 0.15) is 43.6 Å². The highest BCUT2D eigenvalue weighted by Gasteiger charge is 2.18. The molecule has 0 spiro atoms. The fraction of sp³-hybridized carbons (Fsp3) is 0.292. The summed E-state index contributed by atoms with van der Waals surface area (Å²) in [5, 5.41) is 8.19. The lowest BCUT2D eigenvalue weighted by atomic mass is 9.98. The van der Waals surface area contributed by atoms with Gasteiger partial charge in [-0.2, -0.15) is 0 Å². The van der Waals surface area contributed by atoms with Crippen molar-refractivity contribution in [3.63, 3.8) is 0 Å². The number of hydrogen-bond donors (Lipinski definition) is 2. The predicted octanol–water partition coefficient (Wildman–Crippen LogP) is 4.58. The summed E-state index contributed by atoms with van der Waals surface area (Å²) < 4.78 is 5.53. The average molecular weight is 438 g/mol. The highest BCUT2D eigenvalue weighted by atomic mass is 32.1. The number of ether oxygens (including phenoxy) is 1. The molecule has 0 aliphatic heterocycles. The van der Waals surface area contributed by atoms with Crippen LogP contribution in [0.3, 0.4) is 0 Å². The third-order valence-electron chi connectivity index (χ3n) is 4.61. The van der Waals surface area contributed by atoms with E-state index in [9.17, 15) is 9.59 Å². The number of hydrogen-bond acceptors (Lipinski definition) is 5. The molecule has 1 heterocycles. The second kappa shape index (κ2) is 10.7. The van der Waals surface area contributed by atoms with Crippen LogP contribution in [0.25, 0.3) is 0 Å². The van der Waals surface area contributed by atoms with Crippen LogP contribution in [-0.2, 0) is 16.0 Å². The molecule has 6 nitrogen and oxygen atoms in total. The minimum absolute atomic E-state index is 0.0926. The molecule has 3 rings (SSSR count). The van der Waals surface area contributed by atoms with Crippen molar-refractivity contribution in [2.24, 2.45) is 5.92 Å². The lowest BCUT2D eigenvalue weighted by molar-refractivity contribution is -0.121. The van der Waals surface area contributed by atoms with Crippen LogP contribution in [0, 0.1) is 5.92 Å². The number of anilines is 1. The van der Waals surface area contributed by atoms with Crippen molar-refractivity contribution in [1.82, 2.24) is 10.3 Å². The third kappa shape index (κ3) is 6.39. The van der Waals surface area contributed by atoms with Crippen molar-refractivity contribution in [2.45, 2.75) is 33.2 Å². The summed E-state index contributed by atoms with van der Waals surface area (Å²) in [5.74, 6) is 0.430. The molecule has 0 bridgehead atoms. The van der Waals surface area contributed by atoms with Crippen molar-refractivity contribution in [3.05, 3.63) is 76.8 Å². The fourth-order valence-electron chi connectivity index (χ4n) is 3.00. The molecule has 0 radical (unpaired) electrons. The Labute approximate surface area is 186 Å². The first kappa shape index (κ1) is 22.5. The molecule has 162 valence electrons. The van der Waals surface area contributed by atoms with Gasteiger partial charge in [0.25, 0.3) is 0 Å². The van der Waals surface area contributed by atoms with E-state index < -0.39 is 0 Å². The smallest absolute Gasteiger partial charge is 0.228 e. The zero-order valence-corrected chi connectivity index (χ0v) is 18.7. The number of nitrogens with zero attached hydrogens (tertiary/aromatic N) is 1. The summed E-state index contributed by atoms with van der Waals surface area (Å²) in [6, 6.07) is 17.3. The van der Waals surface area contributed by atoms with Crippen molar-refractivity contribution in [2.75, 3.05) is 11.9 Å². The Balaban J connectivity index is 1.72. The topological polar surface area (TPSA) is 80.3 Å². The van der Waals surface area contributed by atoms with Crippen LogP contribution < -0.4 is 15.4 Å². The van der Waals surface area contributed by atoms with Gasteiger partial charge in [-0.1, -0.05) is 56.3 Å². The molecule has 2 N–H and O–H groups in total. The van der Waals surface area contributed by atoms with Crippen molar-refractivity contribution in [1.29, 1.82) is 0 Å². The van der Waals surface area contributed by atoms with Gasteiger partial charge in [0.2, 0.25) is 11.8 Å². The second-order valence-corrected chi connectivity index (χ2v) is 8.24. The minimum Gasteiger partial charge on any atom is -0.494 e. The van der Waals surface area contributed by atoms with E-state index in [0.717, 1.165) is 16.9 Å². The summed E-state index contributed by atoms with van der Waals surface area (Å²) in [6.45, 7) is 6.19. The van der Waals surface area contributed by atoms with Crippen LogP contribution in [0.4, 0.5) is 5.13 Å². The van der Waals surface area contributed by atoms with E-state index in [1.165, 1.54) is 11.3 Å². The third-order valence-corrected chi connectivity index (χ3v) is 5.42. The molecule has 0 fully saturated rings. The quantitative estimate of drug-likeness (QED) is 0.513. The summed E-state index contributed by atoms with van der Waals surface area (Å²) in [5.41, 5.74) is 2.58. The summed E-state index contributed by atoms with van der Waals surface area (Å²) in [7, 11) is 0. The Morgan fingerprint density at radius 3 is 2.35 bits per heavy atom. The Bertz CT molecular complexity index is 1000. The lowest BCUT2D eigenvalue weighted by Gasteiger charge is -2.20. The molecule has 1 aromatic heterocycles. The Morgan fingerprint density at radius 1 is 1.03 bits per heavy atom. The zero-order chi connectivity index (χ0) is 22.2. The van der Waals surface area contributed by atoms with Crippen LogP contribution in [0.15, 0.2) is 60.0 Å². The number of nitrogens with one attached hydrogen (secondary N) is 2. The number of carbonyl (C=O) groups is 2. The van der Waals surface area contributed by atoms with E-state index in [1.54, 1.807) is 5.38 Å². The first-order valence-electron chi connectivity index (χ1n) is 10.3. The maximum atomic E-state index is 12.8. The largest absolute Gasteiger partial charge is 0.494 e. The van der Waals surface area contributed by atoms with Gasteiger partial charge in [-0.25, -0.2) is 4.98 Å². The molecule has 2 amide bonds. The molecule has 0 aliphatic carbocycles. The van der Waals surface area contributed by atoms with E-state index in [2.05, 4.69) is 15.6 Å². The Morgan fingerprint density at radius 2 is 1.71 bits per heavy atom. The molecule has 2 aromatic carbocycles. The molecule has 7 heteroatoms. The van der Waals surface area contributed by atoms with Gasteiger partial charge < -0.3 is 15.4 Å². The van der Waals surface area contributed by atoms with Gasteiger partial charge in [0.15, 0.2) is 5.13 Å². The molecule has 31 heavy (non-hydrogen) atoms. The summed E-state index contributed by atoms with van der Waals surface area (Å²) in [6.07, 6.45) is 0.133. The van der Waals surface area contributed by atoms with E-state index in [1.807, 2.05) is 75.4 Å². The van der Waals surface area contributed by atoms with Gasteiger partial charge >= 0.3 is 0 Å². The maximum Gasteiger partial charge on any atom is 0.228 e. The van der Waals surface area contributed by atoms with Gasteiger partial charge in [-0.15, -0.1) is 11.3 Å². The van der Waals surface area contributed by atoms with Crippen LogP contribution in [-0.4, -0.2) is 23.4 Å². The first-order valence-corrected chi connectivity index (χ1v) is 11.2. The monoisotopic (exact) mass is 437 g/mol. The standard InChI is InChI=1S/C24H27N3O3S/c1-4-30-20-12-10-18(11-13-20)22(17-8-6-5-7-9-17)26-21(28)14-19-15-31-24(25-19)27-23(29)16(2)3/h5-13,15-16,22H,4,14H2,1-3H3,(H,26,28)(H,25,27,29).